The molecule has 110 valence electrons. The van der Waals surface area contributed by atoms with Crippen molar-refractivity contribution >= 4 is 11.9 Å². The van der Waals surface area contributed by atoms with E-state index in [1.54, 1.807) is 5.32 Å². The normalized spacial score (nSPS) is 10.9. The molecule has 0 bridgehead atoms. The van der Waals surface area contributed by atoms with E-state index in [4.69, 9.17) is 5.11 Å². The Bertz CT molecular complexity index is 471. The standard InChI is InChI=1S/C12H12F3NO4/c13-12(14,15)7-16-10(18)6-20-11(19)5-8-1-3-9(17)4-2-8/h1-4,17H,5-7H2,(H,16,18). The van der Waals surface area contributed by atoms with Crippen LogP contribution in [0.3, 0.4) is 0 Å². The van der Waals surface area contributed by atoms with Crippen molar-refractivity contribution in [3.63, 3.8) is 0 Å². The molecule has 0 saturated carbocycles. The molecule has 0 aliphatic heterocycles. The van der Waals surface area contributed by atoms with Crippen molar-refractivity contribution < 1.29 is 32.6 Å². The van der Waals surface area contributed by atoms with Gasteiger partial charge in [0.2, 0.25) is 0 Å². The molecule has 0 heterocycles. The number of phenols is 1. The van der Waals surface area contributed by atoms with Gasteiger partial charge in [-0.25, -0.2) is 0 Å². The summed E-state index contributed by atoms with van der Waals surface area (Å²) in [7, 11) is 0. The lowest BCUT2D eigenvalue weighted by Crippen LogP contribution is -2.36. The minimum absolute atomic E-state index is 0.0358. The number of halogens is 3. The summed E-state index contributed by atoms with van der Waals surface area (Å²) in [6.07, 6.45) is -4.65. The molecule has 1 aromatic rings. The third kappa shape index (κ3) is 6.62. The molecule has 0 aliphatic carbocycles. The zero-order valence-electron chi connectivity index (χ0n) is 10.2. The van der Waals surface area contributed by atoms with Gasteiger partial charge in [0.1, 0.15) is 12.3 Å². The molecule has 0 radical (unpaired) electrons. The summed E-state index contributed by atoms with van der Waals surface area (Å²) in [6, 6.07) is 5.72. The molecule has 0 saturated heterocycles. The van der Waals surface area contributed by atoms with E-state index in [1.807, 2.05) is 0 Å². The number of hydrogen-bond donors (Lipinski definition) is 2. The third-order valence-electron chi connectivity index (χ3n) is 2.14. The number of phenolic OH excluding ortho intramolecular Hbond substituents is 1. The Balaban J connectivity index is 2.29. The highest BCUT2D eigenvalue weighted by Crippen LogP contribution is 2.12. The molecule has 1 amide bonds. The molecule has 0 fully saturated rings. The van der Waals surface area contributed by atoms with Crippen LogP contribution in [0.1, 0.15) is 5.56 Å². The summed E-state index contributed by atoms with van der Waals surface area (Å²) in [5.41, 5.74) is 0.545. The van der Waals surface area contributed by atoms with Crippen LogP contribution in [0, 0.1) is 0 Å². The highest BCUT2D eigenvalue weighted by Gasteiger charge is 2.27. The number of esters is 1. The molecule has 1 aromatic carbocycles. The molecule has 0 aromatic heterocycles. The Kier molecular flexibility index (Phi) is 5.36. The van der Waals surface area contributed by atoms with Crippen LogP contribution in [0.25, 0.3) is 0 Å². The fourth-order valence-corrected chi connectivity index (χ4v) is 1.23. The lowest BCUT2D eigenvalue weighted by atomic mass is 10.1. The van der Waals surface area contributed by atoms with E-state index < -0.39 is 31.2 Å². The monoisotopic (exact) mass is 291 g/mol. The Labute approximate surface area is 112 Å². The summed E-state index contributed by atoms with van der Waals surface area (Å²) >= 11 is 0. The molecule has 0 unspecified atom stereocenters. The maximum Gasteiger partial charge on any atom is 0.405 e. The number of benzene rings is 1. The Morgan fingerprint density at radius 2 is 1.80 bits per heavy atom. The van der Waals surface area contributed by atoms with Crippen LogP contribution >= 0.6 is 0 Å². The number of aromatic hydroxyl groups is 1. The molecule has 8 heteroatoms. The van der Waals surface area contributed by atoms with Crippen molar-refractivity contribution in [3.8, 4) is 5.75 Å². The van der Waals surface area contributed by atoms with E-state index in [0.717, 1.165) is 0 Å². The lowest BCUT2D eigenvalue weighted by Gasteiger charge is -2.08. The van der Waals surface area contributed by atoms with E-state index in [-0.39, 0.29) is 12.2 Å². The first kappa shape index (κ1) is 15.8. The van der Waals surface area contributed by atoms with Gasteiger partial charge in [0.05, 0.1) is 6.42 Å². The second-order valence-corrected chi connectivity index (χ2v) is 3.90. The van der Waals surface area contributed by atoms with Crippen LogP contribution in [0.2, 0.25) is 0 Å². The number of nitrogens with one attached hydrogen (secondary N) is 1. The van der Waals surface area contributed by atoms with Crippen molar-refractivity contribution in [1.82, 2.24) is 5.32 Å². The zero-order chi connectivity index (χ0) is 15.2. The smallest absolute Gasteiger partial charge is 0.405 e. The second-order valence-electron chi connectivity index (χ2n) is 3.90. The van der Waals surface area contributed by atoms with Crippen molar-refractivity contribution in [2.24, 2.45) is 0 Å². The predicted molar refractivity (Wildman–Crippen MR) is 61.8 cm³/mol. The quantitative estimate of drug-likeness (QED) is 0.798. The van der Waals surface area contributed by atoms with Gasteiger partial charge in [-0.15, -0.1) is 0 Å². The van der Waals surface area contributed by atoms with Gasteiger partial charge in [-0.3, -0.25) is 9.59 Å². The molecule has 2 N–H and O–H groups in total. The molecule has 0 aliphatic rings. The lowest BCUT2D eigenvalue weighted by molar-refractivity contribution is -0.150. The van der Waals surface area contributed by atoms with E-state index in [0.29, 0.717) is 5.56 Å². The highest BCUT2D eigenvalue weighted by atomic mass is 19.4. The van der Waals surface area contributed by atoms with E-state index >= 15 is 0 Å². The SMILES string of the molecule is O=C(COC(=O)Cc1ccc(O)cc1)NCC(F)(F)F. The van der Waals surface area contributed by atoms with Gasteiger partial charge < -0.3 is 15.2 Å². The zero-order valence-corrected chi connectivity index (χ0v) is 10.2. The highest BCUT2D eigenvalue weighted by molar-refractivity contribution is 5.81. The summed E-state index contributed by atoms with van der Waals surface area (Å²) < 4.78 is 39.9. The van der Waals surface area contributed by atoms with Crippen LogP contribution in [-0.4, -0.2) is 36.3 Å². The maximum atomic E-state index is 11.8. The summed E-state index contributed by atoms with van der Waals surface area (Å²) in [5, 5.41) is 10.6. The van der Waals surface area contributed by atoms with Crippen LogP contribution < -0.4 is 5.32 Å². The van der Waals surface area contributed by atoms with Gasteiger partial charge >= 0.3 is 12.1 Å². The van der Waals surface area contributed by atoms with Crippen molar-refractivity contribution in [1.29, 1.82) is 0 Å². The van der Waals surface area contributed by atoms with E-state index in [1.165, 1.54) is 24.3 Å². The number of ether oxygens (including phenoxy) is 1. The van der Waals surface area contributed by atoms with Gasteiger partial charge in [-0.2, -0.15) is 13.2 Å². The summed E-state index contributed by atoms with van der Waals surface area (Å²) in [4.78, 5) is 22.3. The minimum Gasteiger partial charge on any atom is -0.508 e. The third-order valence-corrected chi connectivity index (χ3v) is 2.14. The maximum absolute atomic E-state index is 11.8. The van der Waals surface area contributed by atoms with Crippen molar-refractivity contribution in [2.45, 2.75) is 12.6 Å². The topological polar surface area (TPSA) is 75.6 Å². The number of hydrogen-bond acceptors (Lipinski definition) is 4. The van der Waals surface area contributed by atoms with Crippen molar-refractivity contribution in [3.05, 3.63) is 29.8 Å². The Morgan fingerprint density at radius 1 is 1.20 bits per heavy atom. The summed E-state index contributed by atoms with van der Waals surface area (Å²) in [5.74, 6) is -1.74. The first-order chi connectivity index (χ1) is 9.26. The molecular weight excluding hydrogens is 279 g/mol. The Morgan fingerprint density at radius 3 is 2.35 bits per heavy atom. The van der Waals surface area contributed by atoms with Crippen LogP contribution in [0.4, 0.5) is 13.2 Å². The van der Waals surface area contributed by atoms with Gasteiger partial charge in [-0.05, 0) is 17.7 Å². The molecule has 0 spiro atoms. The van der Waals surface area contributed by atoms with E-state index in [2.05, 4.69) is 4.74 Å². The second kappa shape index (κ2) is 6.78. The number of carbonyl (C=O) groups excluding carboxylic acids is 2. The van der Waals surface area contributed by atoms with Gasteiger partial charge in [0.15, 0.2) is 6.61 Å². The van der Waals surface area contributed by atoms with Gasteiger partial charge in [-0.1, -0.05) is 12.1 Å². The minimum atomic E-state index is -4.51. The van der Waals surface area contributed by atoms with E-state index in [9.17, 15) is 22.8 Å². The molecule has 20 heavy (non-hydrogen) atoms. The largest absolute Gasteiger partial charge is 0.508 e. The average molecular weight is 291 g/mol. The number of carbonyl (C=O) groups is 2. The van der Waals surface area contributed by atoms with Gasteiger partial charge in [0, 0.05) is 0 Å². The first-order valence-electron chi connectivity index (χ1n) is 5.53. The Hall–Kier alpha value is -2.25. The average Bonchev–Trinajstić information content (AvgIpc) is 2.36. The van der Waals surface area contributed by atoms with Crippen molar-refractivity contribution in [2.75, 3.05) is 13.2 Å². The molecule has 0 atom stereocenters. The number of alkyl halides is 3. The first-order valence-corrected chi connectivity index (χ1v) is 5.53. The fourth-order valence-electron chi connectivity index (χ4n) is 1.23. The predicted octanol–water partition coefficient (Wildman–Crippen LogP) is 1.16. The van der Waals surface area contributed by atoms with Gasteiger partial charge in [0.25, 0.3) is 5.91 Å². The number of amides is 1. The van der Waals surface area contributed by atoms with Crippen LogP contribution in [0.15, 0.2) is 24.3 Å². The molecule has 1 rings (SSSR count). The van der Waals surface area contributed by atoms with Crippen LogP contribution in [-0.2, 0) is 20.7 Å². The summed E-state index contributed by atoms with van der Waals surface area (Å²) in [6.45, 7) is -2.24. The molecule has 5 nitrogen and oxygen atoms in total. The fraction of sp³-hybridized carbons (Fsp3) is 0.333. The number of rotatable bonds is 5. The molecular formula is C12H12F3NO4. The van der Waals surface area contributed by atoms with Crippen LogP contribution in [0.5, 0.6) is 5.75 Å².